The van der Waals surface area contributed by atoms with Crippen LogP contribution < -0.4 is 5.32 Å². The van der Waals surface area contributed by atoms with Gasteiger partial charge in [-0.1, -0.05) is 18.2 Å². The fraction of sp³-hybridized carbons (Fsp3) is 0.636. The van der Waals surface area contributed by atoms with Crippen LogP contribution in [-0.2, 0) is 6.42 Å². The standard InChI is InChI=1S/C22H36F2N2/c1-7-18(11-9-15-26(6)21(2,3)4)16-19-10-8-12-20(17-19)25-14-13-22(5,23)24/h7-8,10,12,17-18,25H,1,9,11,13-16H2,2-6H3. The van der Waals surface area contributed by atoms with Crippen molar-refractivity contribution in [1.82, 2.24) is 4.90 Å². The number of benzene rings is 1. The summed E-state index contributed by atoms with van der Waals surface area (Å²) >= 11 is 0. The molecule has 1 atom stereocenters. The minimum Gasteiger partial charge on any atom is -0.385 e. The van der Waals surface area contributed by atoms with Crippen molar-refractivity contribution in [2.24, 2.45) is 5.92 Å². The molecule has 148 valence electrons. The van der Waals surface area contributed by atoms with Crippen molar-refractivity contribution < 1.29 is 8.78 Å². The van der Waals surface area contributed by atoms with E-state index in [1.54, 1.807) is 0 Å². The first kappa shape index (κ1) is 22.6. The first-order valence-corrected chi connectivity index (χ1v) is 9.56. The van der Waals surface area contributed by atoms with E-state index >= 15 is 0 Å². The van der Waals surface area contributed by atoms with Gasteiger partial charge >= 0.3 is 0 Å². The number of hydrogen-bond acceptors (Lipinski definition) is 2. The minimum atomic E-state index is -2.63. The third-order valence-electron chi connectivity index (χ3n) is 4.86. The molecule has 0 radical (unpaired) electrons. The zero-order valence-corrected chi connectivity index (χ0v) is 17.1. The molecule has 0 bridgehead atoms. The SMILES string of the molecule is C=CC(CCCN(C)C(C)(C)C)Cc1cccc(NCCC(C)(F)F)c1. The number of rotatable bonds is 11. The average molecular weight is 367 g/mol. The van der Waals surface area contributed by atoms with Crippen LogP contribution in [0.1, 0.15) is 52.5 Å². The van der Waals surface area contributed by atoms with Gasteiger partial charge in [0.25, 0.3) is 0 Å². The van der Waals surface area contributed by atoms with Crippen molar-refractivity contribution in [2.45, 2.75) is 64.8 Å². The van der Waals surface area contributed by atoms with Crippen molar-refractivity contribution in [3.05, 3.63) is 42.5 Å². The second kappa shape index (κ2) is 10.1. The average Bonchev–Trinajstić information content (AvgIpc) is 2.52. The van der Waals surface area contributed by atoms with E-state index < -0.39 is 5.92 Å². The van der Waals surface area contributed by atoms with Gasteiger partial charge in [-0.15, -0.1) is 6.58 Å². The highest BCUT2D eigenvalue weighted by molar-refractivity contribution is 5.45. The Morgan fingerprint density at radius 1 is 1.23 bits per heavy atom. The van der Waals surface area contributed by atoms with Crippen molar-refractivity contribution in [3.63, 3.8) is 0 Å². The van der Waals surface area contributed by atoms with Gasteiger partial charge in [-0.05, 0) is 84.2 Å². The van der Waals surface area contributed by atoms with E-state index in [1.807, 2.05) is 18.2 Å². The number of allylic oxidation sites excluding steroid dienone is 1. The van der Waals surface area contributed by atoms with Gasteiger partial charge in [0, 0.05) is 24.2 Å². The second-order valence-electron chi connectivity index (χ2n) is 8.38. The molecule has 4 heteroatoms. The zero-order valence-electron chi connectivity index (χ0n) is 17.1. The zero-order chi connectivity index (χ0) is 19.8. The first-order chi connectivity index (χ1) is 12.0. The third kappa shape index (κ3) is 9.33. The number of alkyl halides is 2. The van der Waals surface area contributed by atoms with Gasteiger partial charge in [-0.2, -0.15) is 0 Å². The Hall–Kier alpha value is -1.42. The number of nitrogens with zero attached hydrogens (tertiary/aromatic N) is 1. The molecule has 0 aromatic heterocycles. The number of halogens is 2. The summed E-state index contributed by atoms with van der Waals surface area (Å²) in [6, 6.07) is 8.07. The highest BCUT2D eigenvalue weighted by Crippen LogP contribution is 2.21. The molecule has 0 amide bonds. The van der Waals surface area contributed by atoms with E-state index in [9.17, 15) is 8.78 Å². The van der Waals surface area contributed by atoms with Crippen molar-refractivity contribution in [2.75, 3.05) is 25.5 Å². The van der Waals surface area contributed by atoms with Crippen LogP contribution in [0.25, 0.3) is 0 Å². The first-order valence-electron chi connectivity index (χ1n) is 9.56. The summed E-state index contributed by atoms with van der Waals surface area (Å²) in [6.45, 7) is 13.0. The molecular weight excluding hydrogens is 330 g/mol. The van der Waals surface area contributed by atoms with Crippen LogP contribution in [0.4, 0.5) is 14.5 Å². The normalized spacial score (nSPS) is 13.7. The lowest BCUT2D eigenvalue weighted by atomic mass is 9.94. The maximum Gasteiger partial charge on any atom is 0.247 e. The lowest BCUT2D eigenvalue weighted by Gasteiger charge is -2.32. The Morgan fingerprint density at radius 2 is 1.92 bits per heavy atom. The molecule has 1 aromatic rings. The molecule has 1 rings (SSSR count). The molecule has 0 aliphatic rings. The van der Waals surface area contributed by atoms with E-state index in [0.29, 0.717) is 5.92 Å². The van der Waals surface area contributed by atoms with E-state index in [-0.39, 0.29) is 18.5 Å². The van der Waals surface area contributed by atoms with Crippen LogP contribution in [-0.4, -0.2) is 36.5 Å². The molecule has 0 fully saturated rings. The lowest BCUT2D eigenvalue weighted by Crippen LogP contribution is -2.38. The minimum absolute atomic E-state index is 0.159. The Labute approximate surface area is 158 Å². The molecule has 0 aliphatic heterocycles. The van der Waals surface area contributed by atoms with E-state index in [0.717, 1.165) is 38.4 Å². The molecule has 0 saturated carbocycles. The summed E-state index contributed by atoms with van der Waals surface area (Å²) in [7, 11) is 2.16. The smallest absolute Gasteiger partial charge is 0.247 e. The highest BCUT2D eigenvalue weighted by Gasteiger charge is 2.20. The van der Waals surface area contributed by atoms with Gasteiger partial charge < -0.3 is 10.2 Å². The maximum absolute atomic E-state index is 12.9. The number of anilines is 1. The fourth-order valence-corrected chi connectivity index (χ4v) is 2.77. The molecule has 2 nitrogen and oxygen atoms in total. The van der Waals surface area contributed by atoms with E-state index in [1.165, 1.54) is 5.56 Å². The topological polar surface area (TPSA) is 15.3 Å². The van der Waals surface area contributed by atoms with Crippen LogP contribution in [0.3, 0.4) is 0 Å². The lowest BCUT2D eigenvalue weighted by molar-refractivity contribution is 0.0167. The molecule has 0 heterocycles. The summed E-state index contributed by atoms with van der Waals surface area (Å²) in [4.78, 5) is 2.38. The quantitative estimate of drug-likeness (QED) is 0.483. The fourth-order valence-electron chi connectivity index (χ4n) is 2.77. The summed E-state index contributed by atoms with van der Waals surface area (Å²) in [5.74, 6) is -2.20. The van der Waals surface area contributed by atoms with Crippen LogP contribution >= 0.6 is 0 Å². The monoisotopic (exact) mass is 366 g/mol. The highest BCUT2D eigenvalue weighted by atomic mass is 19.3. The van der Waals surface area contributed by atoms with Crippen molar-refractivity contribution >= 4 is 5.69 Å². The van der Waals surface area contributed by atoms with Crippen LogP contribution in [0.15, 0.2) is 36.9 Å². The Bertz CT molecular complexity index is 544. The Kier molecular flexibility index (Phi) is 8.75. The second-order valence-corrected chi connectivity index (χ2v) is 8.38. The van der Waals surface area contributed by atoms with E-state index in [4.69, 9.17) is 0 Å². The molecule has 0 aliphatic carbocycles. The third-order valence-corrected chi connectivity index (χ3v) is 4.86. The van der Waals surface area contributed by atoms with Gasteiger partial charge in [0.15, 0.2) is 0 Å². The Balaban J connectivity index is 2.49. The maximum atomic E-state index is 12.9. The van der Waals surface area contributed by atoms with Gasteiger partial charge in [0.2, 0.25) is 5.92 Å². The number of nitrogens with one attached hydrogen (secondary N) is 1. The Morgan fingerprint density at radius 3 is 2.50 bits per heavy atom. The molecule has 1 unspecified atom stereocenters. The molecular formula is C22H36F2N2. The predicted molar refractivity (Wildman–Crippen MR) is 109 cm³/mol. The molecule has 0 spiro atoms. The largest absolute Gasteiger partial charge is 0.385 e. The number of hydrogen-bond donors (Lipinski definition) is 1. The summed E-state index contributed by atoms with van der Waals surface area (Å²) in [5.41, 5.74) is 2.31. The summed E-state index contributed by atoms with van der Waals surface area (Å²) in [6.07, 6.45) is 5.04. The summed E-state index contributed by atoms with van der Waals surface area (Å²) < 4.78 is 25.8. The van der Waals surface area contributed by atoms with Gasteiger partial charge in [-0.25, -0.2) is 8.78 Å². The van der Waals surface area contributed by atoms with Crippen LogP contribution in [0.5, 0.6) is 0 Å². The van der Waals surface area contributed by atoms with E-state index in [2.05, 4.69) is 56.7 Å². The van der Waals surface area contributed by atoms with Gasteiger partial charge in [0.05, 0.1) is 0 Å². The molecule has 0 saturated heterocycles. The molecule has 26 heavy (non-hydrogen) atoms. The molecule has 1 aromatic carbocycles. The van der Waals surface area contributed by atoms with Crippen LogP contribution in [0.2, 0.25) is 0 Å². The van der Waals surface area contributed by atoms with Crippen molar-refractivity contribution in [3.8, 4) is 0 Å². The summed E-state index contributed by atoms with van der Waals surface area (Å²) in [5, 5.41) is 3.10. The predicted octanol–water partition coefficient (Wildman–Crippen LogP) is 6.00. The van der Waals surface area contributed by atoms with Gasteiger partial charge in [0.1, 0.15) is 0 Å². The van der Waals surface area contributed by atoms with Crippen molar-refractivity contribution in [1.29, 1.82) is 0 Å². The molecule has 1 N–H and O–H groups in total. The van der Waals surface area contributed by atoms with Gasteiger partial charge in [-0.3, -0.25) is 0 Å². The van der Waals surface area contributed by atoms with Crippen LogP contribution in [0, 0.1) is 5.92 Å².